The maximum atomic E-state index is 14.6. The molecule has 10 nitrogen and oxygen atoms in total. The first-order valence-electron chi connectivity index (χ1n) is 9.19. The van der Waals surface area contributed by atoms with Crippen molar-refractivity contribution >= 4 is 11.7 Å². The first kappa shape index (κ1) is 24.3. The predicted molar refractivity (Wildman–Crippen MR) is 109 cm³/mol. The van der Waals surface area contributed by atoms with Crippen LogP contribution in [0.15, 0.2) is 40.1 Å². The number of nitrogens with two attached hydrogens (primary N) is 1. The minimum atomic E-state index is -4.98. The van der Waals surface area contributed by atoms with Gasteiger partial charge in [-0.1, -0.05) is 0 Å². The van der Waals surface area contributed by atoms with Gasteiger partial charge in [-0.3, -0.25) is 9.36 Å². The molecule has 0 atom stereocenters. The van der Waals surface area contributed by atoms with Crippen molar-refractivity contribution in [3.8, 4) is 22.9 Å². The van der Waals surface area contributed by atoms with E-state index in [1.807, 2.05) is 0 Å². The summed E-state index contributed by atoms with van der Waals surface area (Å²) in [4.78, 5) is 40.4. The Morgan fingerprint density at radius 1 is 1.09 bits per heavy atom. The van der Waals surface area contributed by atoms with Crippen molar-refractivity contribution in [2.24, 2.45) is 7.05 Å². The molecule has 180 valence electrons. The van der Waals surface area contributed by atoms with Gasteiger partial charge in [0.2, 0.25) is 0 Å². The average molecular weight is 484 g/mol. The fraction of sp³-hybridized carbons (Fsp3) is 0.200. The Hall–Kier alpha value is -4.36. The van der Waals surface area contributed by atoms with Crippen molar-refractivity contribution in [1.82, 2.24) is 14.1 Å². The summed E-state index contributed by atoms with van der Waals surface area (Å²) in [5.41, 5.74) is 0.263. The summed E-state index contributed by atoms with van der Waals surface area (Å²) in [6.07, 6.45) is -3.89. The van der Waals surface area contributed by atoms with E-state index in [0.29, 0.717) is 0 Å². The van der Waals surface area contributed by atoms with E-state index >= 15 is 0 Å². The summed E-state index contributed by atoms with van der Waals surface area (Å²) in [6.45, 7) is 0. The van der Waals surface area contributed by atoms with Crippen molar-refractivity contribution < 1.29 is 36.6 Å². The van der Waals surface area contributed by atoms with E-state index in [1.165, 1.54) is 13.2 Å². The lowest BCUT2D eigenvalue weighted by atomic mass is 10.2. The van der Waals surface area contributed by atoms with E-state index in [-0.39, 0.29) is 43.8 Å². The van der Waals surface area contributed by atoms with Crippen LogP contribution in [0.1, 0.15) is 16.2 Å². The van der Waals surface area contributed by atoms with Crippen LogP contribution in [-0.4, -0.2) is 34.3 Å². The molecule has 3 aromatic rings. The van der Waals surface area contributed by atoms with Gasteiger partial charge in [-0.05, 0) is 0 Å². The van der Waals surface area contributed by atoms with Gasteiger partial charge in [0.05, 0.1) is 31.8 Å². The Bertz CT molecular complexity index is 1400. The number of carbonyl (C=O) groups excluding carboxylic acids is 1. The SMILES string of the molecule is COC(=O)c1ncc(Oc2cc(-n3c(=O)cc(C(F)(F)F)n(C)c3=O)c(F)cc2N)cc1OC. The standard InChI is InChI=1S/C20H16F4N4O6/c1-27-15(20(22,23)24)7-16(29)28(19(27)31)12-6-13(11(25)5-10(12)21)34-9-4-14(32-2)17(26-8-9)18(30)33-3/h4-8H,25H2,1-3H3. The zero-order valence-electron chi connectivity index (χ0n) is 17.8. The topological polar surface area (TPSA) is 128 Å². The number of pyridine rings is 1. The van der Waals surface area contributed by atoms with Crippen LogP contribution >= 0.6 is 0 Å². The number of esters is 1. The molecule has 0 aliphatic rings. The number of carbonyl (C=O) groups is 1. The van der Waals surface area contributed by atoms with Crippen molar-refractivity contribution in [1.29, 1.82) is 0 Å². The zero-order chi connectivity index (χ0) is 25.4. The van der Waals surface area contributed by atoms with Gasteiger partial charge in [0, 0.05) is 31.3 Å². The first-order chi connectivity index (χ1) is 15.9. The van der Waals surface area contributed by atoms with Crippen LogP contribution in [-0.2, 0) is 18.0 Å². The number of methoxy groups -OCH3 is 2. The van der Waals surface area contributed by atoms with Gasteiger partial charge in [0.25, 0.3) is 5.56 Å². The first-order valence-corrected chi connectivity index (χ1v) is 9.19. The number of halogens is 4. The third kappa shape index (κ3) is 4.42. The minimum absolute atomic E-state index is 0.0296. The second kappa shape index (κ2) is 8.88. The Labute approximate surface area is 187 Å². The van der Waals surface area contributed by atoms with E-state index < -0.39 is 40.6 Å². The fourth-order valence-corrected chi connectivity index (χ4v) is 2.95. The highest BCUT2D eigenvalue weighted by Crippen LogP contribution is 2.33. The van der Waals surface area contributed by atoms with E-state index in [0.717, 1.165) is 32.5 Å². The molecule has 0 saturated heterocycles. The van der Waals surface area contributed by atoms with Crippen LogP contribution in [0.5, 0.6) is 17.2 Å². The maximum Gasteiger partial charge on any atom is 0.431 e. The van der Waals surface area contributed by atoms with Gasteiger partial charge in [0.15, 0.2) is 17.2 Å². The molecule has 0 fully saturated rings. The molecule has 2 N–H and O–H groups in total. The summed E-state index contributed by atoms with van der Waals surface area (Å²) in [5, 5.41) is 0. The van der Waals surface area contributed by atoms with Crippen LogP contribution < -0.4 is 26.5 Å². The molecule has 0 bridgehead atoms. The van der Waals surface area contributed by atoms with Gasteiger partial charge in [-0.2, -0.15) is 13.2 Å². The Morgan fingerprint density at radius 3 is 2.35 bits per heavy atom. The highest BCUT2D eigenvalue weighted by atomic mass is 19.4. The van der Waals surface area contributed by atoms with Gasteiger partial charge in [-0.25, -0.2) is 23.5 Å². The highest BCUT2D eigenvalue weighted by molar-refractivity contribution is 5.90. The summed E-state index contributed by atoms with van der Waals surface area (Å²) in [7, 11) is 3.18. The predicted octanol–water partition coefficient (Wildman–Crippen LogP) is 2.26. The van der Waals surface area contributed by atoms with Crippen LogP contribution in [0.2, 0.25) is 0 Å². The smallest absolute Gasteiger partial charge is 0.431 e. The quantitative estimate of drug-likeness (QED) is 0.332. The monoisotopic (exact) mass is 484 g/mol. The number of rotatable bonds is 5. The lowest BCUT2D eigenvalue weighted by Crippen LogP contribution is -2.41. The molecule has 0 radical (unpaired) electrons. The number of ether oxygens (including phenoxy) is 3. The highest BCUT2D eigenvalue weighted by Gasteiger charge is 2.35. The molecule has 2 heterocycles. The lowest BCUT2D eigenvalue weighted by Gasteiger charge is -2.16. The van der Waals surface area contributed by atoms with Gasteiger partial charge < -0.3 is 19.9 Å². The molecule has 34 heavy (non-hydrogen) atoms. The van der Waals surface area contributed by atoms with E-state index in [9.17, 15) is 31.9 Å². The molecule has 1 aromatic carbocycles. The fourth-order valence-electron chi connectivity index (χ4n) is 2.95. The third-order valence-electron chi connectivity index (χ3n) is 4.58. The van der Waals surface area contributed by atoms with E-state index in [4.69, 9.17) is 15.2 Å². The molecule has 0 aliphatic heterocycles. The second-order valence-electron chi connectivity index (χ2n) is 6.70. The lowest BCUT2D eigenvalue weighted by molar-refractivity contribution is -0.144. The van der Waals surface area contributed by atoms with Gasteiger partial charge >= 0.3 is 17.8 Å². The Balaban J connectivity index is 2.12. The largest absolute Gasteiger partial charge is 0.494 e. The van der Waals surface area contributed by atoms with Crippen molar-refractivity contribution in [2.75, 3.05) is 20.0 Å². The molecule has 14 heteroatoms. The van der Waals surface area contributed by atoms with Crippen molar-refractivity contribution in [3.63, 3.8) is 0 Å². The number of nitrogen functional groups attached to an aromatic ring is 1. The summed E-state index contributed by atoms with van der Waals surface area (Å²) < 4.78 is 69.4. The Kier molecular flexibility index (Phi) is 6.34. The van der Waals surface area contributed by atoms with Gasteiger partial charge in [-0.15, -0.1) is 0 Å². The number of aromatic nitrogens is 3. The minimum Gasteiger partial charge on any atom is -0.494 e. The normalized spacial score (nSPS) is 11.3. The third-order valence-corrected chi connectivity index (χ3v) is 4.58. The maximum absolute atomic E-state index is 14.6. The number of hydrogen-bond donors (Lipinski definition) is 1. The van der Waals surface area contributed by atoms with Crippen LogP contribution in [0.3, 0.4) is 0 Å². The number of anilines is 1. The Morgan fingerprint density at radius 2 is 1.76 bits per heavy atom. The van der Waals surface area contributed by atoms with Crippen LogP contribution in [0.25, 0.3) is 5.69 Å². The summed E-state index contributed by atoms with van der Waals surface area (Å²) in [5.74, 6) is -2.29. The number of alkyl halides is 3. The van der Waals surface area contributed by atoms with Crippen LogP contribution in [0, 0.1) is 5.82 Å². The number of hydrogen-bond acceptors (Lipinski definition) is 8. The van der Waals surface area contributed by atoms with Crippen molar-refractivity contribution in [3.05, 3.63) is 68.5 Å². The molecule has 0 saturated carbocycles. The molecule has 3 rings (SSSR count). The molecule has 0 aliphatic carbocycles. The summed E-state index contributed by atoms with van der Waals surface area (Å²) >= 11 is 0. The molecule has 0 amide bonds. The zero-order valence-corrected chi connectivity index (χ0v) is 17.8. The number of nitrogens with zero attached hydrogens (tertiary/aromatic N) is 3. The molecule has 0 spiro atoms. The van der Waals surface area contributed by atoms with Crippen LogP contribution in [0.4, 0.5) is 23.2 Å². The molecular weight excluding hydrogens is 468 g/mol. The molecular formula is C20H16F4N4O6. The average Bonchev–Trinajstić information content (AvgIpc) is 2.77. The molecule has 0 unspecified atom stereocenters. The van der Waals surface area contributed by atoms with Crippen molar-refractivity contribution in [2.45, 2.75) is 6.18 Å². The number of benzene rings is 1. The second-order valence-corrected chi connectivity index (χ2v) is 6.70. The van der Waals surface area contributed by atoms with E-state index in [1.54, 1.807) is 0 Å². The van der Waals surface area contributed by atoms with Gasteiger partial charge in [0.1, 0.15) is 17.3 Å². The van der Waals surface area contributed by atoms with E-state index in [2.05, 4.69) is 9.72 Å². The summed E-state index contributed by atoms with van der Waals surface area (Å²) in [6, 6.07) is 2.99. The molecule has 2 aromatic heterocycles.